The summed E-state index contributed by atoms with van der Waals surface area (Å²) in [4.78, 5) is 27.7. The van der Waals surface area contributed by atoms with Crippen LogP contribution in [-0.4, -0.2) is 29.9 Å². The standard InChI is InChI=1S/C14H18N4O3S/c1-9-3-6-21-12(9)14(20)17-5-2-4-16-13(19)10-8-22-11(7-15)18-10/h3,6,8H,2,4-5,7,15H2,1H3,(H,16,19)(H,17,20). The van der Waals surface area contributed by atoms with Crippen molar-refractivity contribution in [2.45, 2.75) is 19.9 Å². The molecule has 7 nitrogen and oxygen atoms in total. The van der Waals surface area contributed by atoms with Crippen LogP contribution in [0.1, 0.15) is 38.0 Å². The minimum Gasteiger partial charge on any atom is -0.459 e. The molecule has 0 fully saturated rings. The molecule has 0 aromatic carbocycles. The van der Waals surface area contributed by atoms with Gasteiger partial charge in [-0.3, -0.25) is 9.59 Å². The van der Waals surface area contributed by atoms with Crippen molar-refractivity contribution >= 4 is 23.2 Å². The van der Waals surface area contributed by atoms with Crippen molar-refractivity contribution in [1.82, 2.24) is 15.6 Å². The first-order chi connectivity index (χ1) is 10.6. The van der Waals surface area contributed by atoms with E-state index in [0.717, 1.165) is 10.6 Å². The van der Waals surface area contributed by atoms with Crippen LogP contribution in [-0.2, 0) is 6.54 Å². The zero-order valence-electron chi connectivity index (χ0n) is 12.2. The Hall–Kier alpha value is -2.19. The summed E-state index contributed by atoms with van der Waals surface area (Å²) in [7, 11) is 0. The fourth-order valence-corrected chi connectivity index (χ4v) is 2.43. The molecule has 2 heterocycles. The van der Waals surface area contributed by atoms with Crippen LogP contribution >= 0.6 is 11.3 Å². The van der Waals surface area contributed by atoms with E-state index in [9.17, 15) is 9.59 Å². The molecule has 0 aliphatic heterocycles. The van der Waals surface area contributed by atoms with E-state index >= 15 is 0 Å². The molecule has 4 N–H and O–H groups in total. The van der Waals surface area contributed by atoms with E-state index in [-0.39, 0.29) is 11.8 Å². The first kappa shape index (κ1) is 16.2. The molecule has 0 unspecified atom stereocenters. The van der Waals surface area contributed by atoms with Crippen LogP contribution in [0.15, 0.2) is 22.1 Å². The number of hydrogen-bond acceptors (Lipinski definition) is 6. The maximum absolute atomic E-state index is 11.8. The molecular weight excluding hydrogens is 304 g/mol. The molecule has 0 saturated carbocycles. The molecule has 0 radical (unpaired) electrons. The highest BCUT2D eigenvalue weighted by atomic mass is 32.1. The molecular formula is C14H18N4O3S. The van der Waals surface area contributed by atoms with Gasteiger partial charge < -0.3 is 20.8 Å². The number of aromatic nitrogens is 1. The zero-order chi connectivity index (χ0) is 15.9. The van der Waals surface area contributed by atoms with Gasteiger partial charge in [-0.15, -0.1) is 11.3 Å². The lowest BCUT2D eigenvalue weighted by molar-refractivity contribution is 0.0924. The largest absolute Gasteiger partial charge is 0.459 e. The van der Waals surface area contributed by atoms with Gasteiger partial charge in [-0.2, -0.15) is 0 Å². The Morgan fingerprint density at radius 3 is 2.64 bits per heavy atom. The van der Waals surface area contributed by atoms with Gasteiger partial charge in [0, 0.05) is 30.6 Å². The van der Waals surface area contributed by atoms with Crippen LogP contribution in [0.25, 0.3) is 0 Å². The van der Waals surface area contributed by atoms with Crippen LogP contribution < -0.4 is 16.4 Å². The molecule has 118 valence electrons. The molecule has 2 aromatic heterocycles. The molecule has 2 amide bonds. The number of furan rings is 1. The Morgan fingerprint density at radius 2 is 2.05 bits per heavy atom. The van der Waals surface area contributed by atoms with E-state index in [4.69, 9.17) is 10.2 Å². The van der Waals surface area contributed by atoms with Gasteiger partial charge >= 0.3 is 0 Å². The van der Waals surface area contributed by atoms with Gasteiger partial charge in [-0.1, -0.05) is 0 Å². The summed E-state index contributed by atoms with van der Waals surface area (Å²) < 4.78 is 5.09. The van der Waals surface area contributed by atoms with Crippen molar-refractivity contribution in [1.29, 1.82) is 0 Å². The van der Waals surface area contributed by atoms with E-state index in [0.29, 0.717) is 37.5 Å². The lowest BCUT2D eigenvalue weighted by Crippen LogP contribution is -2.30. The lowest BCUT2D eigenvalue weighted by atomic mass is 10.2. The first-order valence-corrected chi connectivity index (χ1v) is 7.74. The fraction of sp³-hybridized carbons (Fsp3) is 0.357. The second-order valence-corrected chi connectivity index (χ2v) is 5.57. The quantitative estimate of drug-likeness (QED) is 0.660. The number of nitrogens with one attached hydrogen (secondary N) is 2. The highest BCUT2D eigenvalue weighted by Crippen LogP contribution is 2.09. The van der Waals surface area contributed by atoms with Crippen LogP contribution in [0.2, 0.25) is 0 Å². The average molecular weight is 322 g/mol. The summed E-state index contributed by atoms with van der Waals surface area (Å²) in [6.45, 7) is 3.04. The molecule has 0 aliphatic carbocycles. The van der Waals surface area contributed by atoms with E-state index in [1.807, 2.05) is 6.92 Å². The maximum atomic E-state index is 11.8. The summed E-state index contributed by atoms with van der Waals surface area (Å²) >= 11 is 1.36. The smallest absolute Gasteiger partial charge is 0.287 e. The van der Waals surface area contributed by atoms with E-state index in [1.165, 1.54) is 17.6 Å². The molecule has 0 spiro atoms. The van der Waals surface area contributed by atoms with E-state index < -0.39 is 0 Å². The summed E-state index contributed by atoms with van der Waals surface area (Å²) in [5, 5.41) is 7.89. The molecule has 0 aliphatic rings. The van der Waals surface area contributed by atoms with Gasteiger partial charge in [0.05, 0.1) is 6.26 Å². The van der Waals surface area contributed by atoms with Gasteiger partial charge in [0.15, 0.2) is 5.76 Å². The minimum absolute atomic E-state index is 0.232. The maximum Gasteiger partial charge on any atom is 0.287 e. The van der Waals surface area contributed by atoms with Gasteiger partial charge in [-0.25, -0.2) is 4.98 Å². The number of carbonyl (C=O) groups is 2. The van der Waals surface area contributed by atoms with Crippen LogP contribution in [0.3, 0.4) is 0 Å². The third-order valence-electron chi connectivity index (χ3n) is 2.95. The Balaban J connectivity index is 1.66. The van der Waals surface area contributed by atoms with E-state index in [1.54, 1.807) is 11.4 Å². The van der Waals surface area contributed by atoms with E-state index in [2.05, 4.69) is 15.6 Å². The van der Waals surface area contributed by atoms with Gasteiger partial charge in [0.25, 0.3) is 11.8 Å². The molecule has 0 bridgehead atoms. The van der Waals surface area contributed by atoms with Crippen molar-refractivity contribution in [3.8, 4) is 0 Å². The third-order valence-corrected chi connectivity index (χ3v) is 3.82. The van der Waals surface area contributed by atoms with Crippen LogP contribution in [0.4, 0.5) is 0 Å². The number of hydrogen-bond donors (Lipinski definition) is 3. The monoisotopic (exact) mass is 322 g/mol. The molecule has 8 heteroatoms. The lowest BCUT2D eigenvalue weighted by Gasteiger charge is -2.05. The molecule has 0 atom stereocenters. The summed E-state index contributed by atoms with van der Waals surface area (Å²) in [5.41, 5.74) is 6.62. The zero-order valence-corrected chi connectivity index (χ0v) is 13.0. The second kappa shape index (κ2) is 7.71. The molecule has 2 rings (SSSR count). The van der Waals surface area contributed by atoms with Crippen molar-refractivity contribution in [3.05, 3.63) is 39.7 Å². The number of aryl methyl sites for hydroxylation is 1. The fourth-order valence-electron chi connectivity index (χ4n) is 1.78. The SMILES string of the molecule is Cc1ccoc1C(=O)NCCCNC(=O)c1csc(CN)n1. The van der Waals surface area contributed by atoms with Crippen molar-refractivity contribution in [2.75, 3.05) is 13.1 Å². The number of nitrogens with zero attached hydrogens (tertiary/aromatic N) is 1. The normalized spacial score (nSPS) is 10.5. The second-order valence-electron chi connectivity index (χ2n) is 4.63. The van der Waals surface area contributed by atoms with Gasteiger partial charge in [0.1, 0.15) is 10.7 Å². The van der Waals surface area contributed by atoms with Crippen molar-refractivity contribution in [3.63, 3.8) is 0 Å². The van der Waals surface area contributed by atoms with Gasteiger partial charge in [0.2, 0.25) is 0 Å². The first-order valence-electron chi connectivity index (χ1n) is 6.86. The summed E-state index contributed by atoms with van der Waals surface area (Å²) in [6, 6.07) is 1.73. The predicted molar refractivity (Wildman–Crippen MR) is 82.7 cm³/mol. The highest BCUT2D eigenvalue weighted by molar-refractivity contribution is 7.09. The topological polar surface area (TPSA) is 110 Å². The number of carbonyl (C=O) groups excluding carboxylic acids is 2. The Bertz CT molecular complexity index is 650. The molecule has 22 heavy (non-hydrogen) atoms. The summed E-state index contributed by atoms with van der Waals surface area (Å²) in [6.07, 6.45) is 2.10. The Morgan fingerprint density at radius 1 is 1.32 bits per heavy atom. The van der Waals surface area contributed by atoms with Crippen molar-refractivity contribution in [2.24, 2.45) is 5.73 Å². The number of amides is 2. The third kappa shape index (κ3) is 4.15. The summed E-state index contributed by atoms with van der Waals surface area (Å²) in [5.74, 6) is -0.161. The average Bonchev–Trinajstić information content (AvgIpc) is 3.15. The minimum atomic E-state index is -0.249. The predicted octanol–water partition coefficient (Wildman–Crippen LogP) is 1.05. The van der Waals surface area contributed by atoms with Gasteiger partial charge in [-0.05, 0) is 19.4 Å². The van der Waals surface area contributed by atoms with Crippen LogP contribution in [0.5, 0.6) is 0 Å². The highest BCUT2D eigenvalue weighted by Gasteiger charge is 2.12. The molecule has 2 aromatic rings. The Labute approximate surface area is 131 Å². The van der Waals surface area contributed by atoms with Crippen LogP contribution in [0, 0.1) is 6.92 Å². The molecule has 0 saturated heterocycles. The number of thiazole rings is 1. The van der Waals surface area contributed by atoms with Crippen molar-refractivity contribution < 1.29 is 14.0 Å². The number of rotatable bonds is 7. The Kier molecular flexibility index (Phi) is 5.68. The number of nitrogens with two attached hydrogens (primary N) is 1.